The highest BCUT2D eigenvalue weighted by Crippen LogP contribution is 2.32. The molecular formula is C23H29BrN4O2. The van der Waals surface area contributed by atoms with E-state index in [1.807, 2.05) is 61.6 Å². The van der Waals surface area contributed by atoms with E-state index in [9.17, 15) is 0 Å². The van der Waals surface area contributed by atoms with Gasteiger partial charge in [-0.25, -0.2) is 9.98 Å². The van der Waals surface area contributed by atoms with Crippen LogP contribution < -0.4 is 4.74 Å². The van der Waals surface area contributed by atoms with Gasteiger partial charge in [-0.2, -0.15) is 0 Å². The van der Waals surface area contributed by atoms with Crippen molar-refractivity contribution in [3.05, 3.63) is 52.1 Å². The fourth-order valence-corrected chi connectivity index (χ4v) is 3.47. The van der Waals surface area contributed by atoms with E-state index in [4.69, 9.17) is 9.57 Å². The van der Waals surface area contributed by atoms with Crippen molar-refractivity contribution in [2.45, 2.75) is 52.2 Å². The summed E-state index contributed by atoms with van der Waals surface area (Å²) in [5, 5.41) is 4.32. The molecule has 1 aromatic carbocycles. The second-order valence-corrected chi connectivity index (χ2v) is 8.29. The number of benzene rings is 1. The van der Waals surface area contributed by atoms with E-state index in [2.05, 4.69) is 38.0 Å². The third kappa shape index (κ3) is 6.55. The lowest BCUT2D eigenvalue weighted by Gasteiger charge is -2.24. The Morgan fingerprint density at radius 1 is 1.23 bits per heavy atom. The first-order chi connectivity index (χ1) is 14.5. The number of oxime groups is 1. The third-order valence-corrected chi connectivity index (χ3v) is 5.62. The molecule has 0 aliphatic heterocycles. The molecule has 0 bridgehead atoms. The highest BCUT2D eigenvalue weighted by Gasteiger charge is 2.21. The van der Waals surface area contributed by atoms with Crippen molar-refractivity contribution in [2.75, 3.05) is 13.6 Å². The number of ether oxygens (including phenoxy) is 1. The Kier molecular flexibility index (Phi) is 8.25. The van der Waals surface area contributed by atoms with Crippen LogP contribution in [-0.2, 0) is 11.4 Å². The molecule has 1 aliphatic rings. The first kappa shape index (κ1) is 22.3. The number of halogens is 1. The minimum atomic E-state index is 0.127. The summed E-state index contributed by atoms with van der Waals surface area (Å²) < 4.78 is 7.00. The SMILES string of the molecule is CCN(C)/C=N/c1cc(Br)c(OC2CCC(=NOCc3ccccc3)CC2)nc1C. The molecule has 0 saturated heterocycles. The predicted octanol–water partition coefficient (Wildman–Crippen LogP) is 5.66. The molecule has 6 nitrogen and oxygen atoms in total. The molecular weight excluding hydrogens is 444 g/mol. The van der Waals surface area contributed by atoms with E-state index >= 15 is 0 Å². The van der Waals surface area contributed by atoms with E-state index in [1.165, 1.54) is 0 Å². The van der Waals surface area contributed by atoms with Gasteiger partial charge < -0.3 is 14.5 Å². The first-order valence-electron chi connectivity index (χ1n) is 10.3. The summed E-state index contributed by atoms with van der Waals surface area (Å²) in [5.41, 5.74) is 3.91. The zero-order valence-electron chi connectivity index (χ0n) is 17.8. The summed E-state index contributed by atoms with van der Waals surface area (Å²) in [6.45, 7) is 5.44. The quantitative estimate of drug-likeness (QED) is 0.282. The minimum Gasteiger partial charge on any atom is -0.474 e. The molecule has 1 heterocycles. The van der Waals surface area contributed by atoms with Gasteiger partial charge in [0.1, 0.15) is 12.7 Å². The third-order valence-electron chi connectivity index (χ3n) is 5.06. The first-order valence-corrected chi connectivity index (χ1v) is 11.1. The van der Waals surface area contributed by atoms with Crippen LogP contribution in [0.25, 0.3) is 0 Å². The molecule has 0 spiro atoms. The molecule has 0 atom stereocenters. The summed E-state index contributed by atoms with van der Waals surface area (Å²) in [6.07, 6.45) is 5.51. The van der Waals surface area contributed by atoms with Gasteiger partial charge in [-0.1, -0.05) is 35.5 Å². The summed E-state index contributed by atoms with van der Waals surface area (Å²) >= 11 is 3.58. The maximum atomic E-state index is 6.17. The van der Waals surface area contributed by atoms with Crippen LogP contribution in [0.4, 0.5) is 5.69 Å². The summed E-state index contributed by atoms with van der Waals surface area (Å²) in [4.78, 5) is 16.7. The highest BCUT2D eigenvalue weighted by atomic mass is 79.9. The highest BCUT2D eigenvalue weighted by molar-refractivity contribution is 9.10. The van der Waals surface area contributed by atoms with E-state index < -0.39 is 0 Å². The van der Waals surface area contributed by atoms with Crippen molar-refractivity contribution in [3.8, 4) is 5.88 Å². The van der Waals surface area contributed by atoms with E-state index in [0.29, 0.717) is 12.5 Å². The van der Waals surface area contributed by atoms with Crippen molar-refractivity contribution in [1.82, 2.24) is 9.88 Å². The minimum absolute atomic E-state index is 0.127. The molecule has 7 heteroatoms. The number of nitrogens with zero attached hydrogens (tertiary/aromatic N) is 4. The van der Waals surface area contributed by atoms with E-state index in [1.54, 1.807) is 0 Å². The maximum Gasteiger partial charge on any atom is 0.228 e. The van der Waals surface area contributed by atoms with Crippen LogP contribution in [0.2, 0.25) is 0 Å². The van der Waals surface area contributed by atoms with Crippen molar-refractivity contribution >= 4 is 33.7 Å². The van der Waals surface area contributed by atoms with Gasteiger partial charge in [0.25, 0.3) is 0 Å². The van der Waals surface area contributed by atoms with Crippen LogP contribution in [-0.4, -0.2) is 41.6 Å². The summed E-state index contributed by atoms with van der Waals surface area (Å²) in [6, 6.07) is 12.0. The lowest BCUT2D eigenvalue weighted by atomic mass is 9.96. The number of hydrogen-bond donors (Lipinski definition) is 0. The van der Waals surface area contributed by atoms with Crippen molar-refractivity contribution < 1.29 is 9.57 Å². The van der Waals surface area contributed by atoms with Gasteiger partial charge in [0.15, 0.2) is 0 Å². The number of rotatable bonds is 8. The fourth-order valence-electron chi connectivity index (χ4n) is 3.07. The number of aryl methyl sites for hydroxylation is 1. The lowest BCUT2D eigenvalue weighted by Crippen LogP contribution is -2.25. The monoisotopic (exact) mass is 472 g/mol. The van der Waals surface area contributed by atoms with Crippen LogP contribution in [0.5, 0.6) is 5.88 Å². The van der Waals surface area contributed by atoms with Crippen LogP contribution >= 0.6 is 15.9 Å². The van der Waals surface area contributed by atoms with E-state index in [-0.39, 0.29) is 6.10 Å². The van der Waals surface area contributed by atoms with Gasteiger partial charge in [-0.15, -0.1) is 0 Å². The Hall–Kier alpha value is -2.41. The van der Waals surface area contributed by atoms with Crippen LogP contribution in [0, 0.1) is 6.92 Å². The Balaban J connectivity index is 1.51. The molecule has 1 saturated carbocycles. The molecule has 1 fully saturated rings. The number of aromatic nitrogens is 1. The predicted molar refractivity (Wildman–Crippen MR) is 125 cm³/mol. The molecule has 0 radical (unpaired) electrons. The largest absolute Gasteiger partial charge is 0.474 e. The van der Waals surface area contributed by atoms with Crippen molar-refractivity contribution in [1.29, 1.82) is 0 Å². The molecule has 160 valence electrons. The molecule has 30 heavy (non-hydrogen) atoms. The summed E-state index contributed by atoms with van der Waals surface area (Å²) in [7, 11) is 1.99. The zero-order valence-corrected chi connectivity index (χ0v) is 19.4. The van der Waals surface area contributed by atoms with Crippen LogP contribution in [0.15, 0.2) is 51.0 Å². The molecule has 3 rings (SSSR count). The topological polar surface area (TPSA) is 59.3 Å². The Morgan fingerprint density at radius 3 is 2.67 bits per heavy atom. The smallest absolute Gasteiger partial charge is 0.228 e. The average Bonchev–Trinajstić information content (AvgIpc) is 2.76. The van der Waals surface area contributed by atoms with Gasteiger partial charge >= 0.3 is 0 Å². The van der Waals surface area contributed by atoms with Gasteiger partial charge in [-0.05, 0) is 67.1 Å². The average molecular weight is 473 g/mol. The van der Waals surface area contributed by atoms with Gasteiger partial charge in [0.2, 0.25) is 5.88 Å². The molecule has 1 aromatic heterocycles. The lowest BCUT2D eigenvalue weighted by molar-refractivity contribution is 0.124. The Morgan fingerprint density at radius 2 is 1.97 bits per heavy atom. The van der Waals surface area contributed by atoms with Crippen LogP contribution in [0.3, 0.4) is 0 Å². The number of hydrogen-bond acceptors (Lipinski definition) is 5. The second kappa shape index (κ2) is 11.1. The normalized spacial score (nSPS) is 16.5. The van der Waals surface area contributed by atoms with Crippen molar-refractivity contribution in [2.24, 2.45) is 10.1 Å². The van der Waals surface area contributed by atoms with Gasteiger partial charge in [-0.3, -0.25) is 0 Å². The molecule has 0 N–H and O–H groups in total. The number of aliphatic imine (C=N–C) groups is 1. The summed E-state index contributed by atoms with van der Waals surface area (Å²) in [5.74, 6) is 0.626. The Labute approximate surface area is 187 Å². The molecule has 0 amide bonds. The van der Waals surface area contributed by atoms with Crippen LogP contribution in [0.1, 0.15) is 43.9 Å². The van der Waals surface area contributed by atoms with Crippen molar-refractivity contribution in [3.63, 3.8) is 0 Å². The second-order valence-electron chi connectivity index (χ2n) is 7.43. The Bertz CT molecular complexity index is 876. The fraction of sp³-hybridized carbons (Fsp3) is 0.435. The molecule has 2 aromatic rings. The van der Waals surface area contributed by atoms with E-state index in [0.717, 1.165) is 59.4 Å². The molecule has 0 unspecified atom stereocenters. The van der Waals surface area contributed by atoms with Gasteiger partial charge in [0, 0.05) is 13.6 Å². The zero-order chi connectivity index (χ0) is 21.3. The maximum absolute atomic E-state index is 6.17. The number of pyridine rings is 1. The van der Waals surface area contributed by atoms with Gasteiger partial charge in [0.05, 0.1) is 27.9 Å². The molecule has 1 aliphatic carbocycles. The standard InChI is InChI=1S/C23H29BrN4O2/c1-4-28(3)16-25-22-14-21(24)23(26-17(22)2)30-20-12-10-19(11-13-20)27-29-15-18-8-6-5-7-9-18/h5-9,14,16,20H,4,10-13,15H2,1-3H3/b25-16+,27-19?.